The van der Waals surface area contributed by atoms with E-state index in [2.05, 4.69) is 69.6 Å². The Balaban J connectivity index is 1.89. The first-order valence-electron chi connectivity index (χ1n) is 6.67. The molecule has 1 aromatic carbocycles. The van der Waals surface area contributed by atoms with Gasteiger partial charge in [-0.2, -0.15) is 0 Å². The Hall–Kier alpha value is -1.19. The first-order chi connectivity index (χ1) is 9.29. The minimum Gasteiger partial charge on any atom is -0.310 e. The van der Waals surface area contributed by atoms with Crippen molar-refractivity contribution in [1.82, 2.24) is 10.3 Å². The summed E-state index contributed by atoms with van der Waals surface area (Å²) in [6.07, 6.45) is 5.82. The first kappa shape index (κ1) is 14.2. The highest BCUT2D eigenvalue weighted by Crippen LogP contribution is 2.20. The molecule has 0 saturated heterocycles. The van der Waals surface area contributed by atoms with Gasteiger partial charge in [0.2, 0.25) is 0 Å². The van der Waals surface area contributed by atoms with Crippen LogP contribution in [0.3, 0.4) is 0 Å². The van der Waals surface area contributed by atoms with Crippen LogP contribution in [0.25, 0.3) is 0 Å². The number of benzene rings is 1. The summed E-state index contributed by atoms with van der Waals surface area (Å²) in [5, 5.41) is 3.62. The molecule has 0 radical (unpaired) electrons. The van der Waals surface area contributed by atoms with Crippen LogP contribution in [0.1, 0.15) is 30.5 Å². The molecule has 0 saturated carbocycles. The van der Waals surface area contributed by atoms with Crippen LogP contribution in [0.5, 0.6) is 0 Å². The normalized spacial score (nSPS) is 12.3. The molecule has 1 N–H and O–H groups in total. The van der Waals surface area contributed by atoms with E-state index in [1.54, 1.807) is 0 Å². The third-order valence-electron chi connectivity index (χ3n) is 3.21. The Labute approximate surface area is 123 Å². The van der Waals surface area contributed by atoms with Crippen LogP contribution in [0.15, 0.2) is 53.3 Å². The molecule has 0 aliphatic rings. The zero-order chi connectivity index (χ0) is 13.5. The van der Waals surface area contributed by atoms with Gasteiger partial charge in [-0.3, -0.25) is 4.98 Å². The average Bonchev–Trinajstić information content (AvgIpc) is 2.45. The summed E-state index contributed by atoms with van der Waals surface area (Å²) in [5.74, 6) is 0. The molecule has 0 fully saturated rings. The molecule has 2 nitrogen and oxygen atoms in total. The lowest BCUT2D eigenvalue weighted by atomic mass is 10.0. The second kappa shape index (κ2) is 7.41. The second-order valence-corrected chi connectivity index (χ2v) is 5.49. The quantitative estimate of drug-likeness (QED) is 0.866. The summed E-state index contributed by atoms with van der Waals surface area (Å²) in [4.78, 5) is 4.04. The smallest absolute Gasteiger partial charge is 0.0318 e. The van der Waals surface area contributed by atoms with Crippen molar-refractivity contribution >= 4 is 15.9 Å². The molecule has 19 heavy (non-hydrogen) atoms. The Morgan fingerprint density at radius 2 is 2.00 bits per heavy atom. The van der Waals surface area contributed by atoms with Gasteiger partial charge in [0.05, 0.1) is 0 Å². The first-order valence-corrected chi connectivity index (χ1v) is 7.46. The van der Waals surface area contributed by atoms with Crippen molar-refractivity contribution in [3.63, 3.8) is 0 Å². The molecule has 0 aliphatic heterocycles. The summed E-state index contributed by atoms with van der Waals surface area (Å²) >= 11 is 3.53. The van der Waals surface area contributed by atoms with E-state index in [0.717, 1.165) is 23.9 Å². The highest BCUT2D eigenvalue weighted by atomic mass is 79.9. The van der Waals surface area contributed by atoms with Gasteiger partial charge in [0.1, 0.15) is 0 Å². The van der Waals surface area contributed by atoms with Gasteiger partial charge in [-0.15, -0.1) is 0 Å². The number of pyridine rings is 1. The molecule has 2 aromatic rings. The molecule has 3 heteroatoms. The number of hydrogen-bond donors (Lipinski definition) is 1. The number of rotatable bonds is 6. The lowest BCUT2D eigenvalue weighted by Gasteiger charge is -2.17. The maximum Gasteiger partial charge on any atom is 0.0318 e. The number of hydrogen-bond acceptors (Lipinski definition) is 2. The second-order valence-electron chi connectivity index (χ2n) is 4.58. The van der Waals surface area contributed by atoms with E-state index in [9.17, 15) is 0 Å². The van der Waals surface area contributed by atoms with E-state index in [1.807, 2.05) is 12.4 Å². The van der Waals surface area contributed by atoms with Crippen LogP contribution in [0.4, 0.5) is 0 Å². The number of nitrogens with one attached hydrogen (secondary N) is 1. The molecular formula is C16H19BrN2. The molecule has 0 spiro atoms. The summed E-state index contributed by atoms with van der Waals surface area (Å²) < 4.78 is 1.14. The van der Waals surface area contributed by atoms with Gasteiger partial charge in [0.15, 0.2) is 0 Å². The van der Waals surface area contributed by atoms with E-state index in [-0.39, 0.29) is 0 Å². The van der Waals surface area contributed by atoms with E-state index >= 15 is 0 Å². The van der Waals surface area contributed by atoms with E-state index in [1.165, 1.54) is 11.1 Å². The van der Waals surface area contributed by atoms with Crippen LogP contribution in [0.2, 0.25) is 0 Å². The van der Waals surface area contributed by atoms with Crippen LogP contribution >= 0.6 is 15.9 Å². The lowest BCUT2D eigenvalue weighted by molar-refractivity contribution is 0.522. The van der Waals surface area contributed by atoms with Crippen LogP contribution in [-0.4, -0.2) is 11.5 Å². The minimum absolute atomic E-state index is 0.416. The third kappa shape index (κ3) is 4.44. The summed E-state index contributed by atoms with van der Waals surface area (Å²) in [7, 11) is 0. The SMILES string of the molecule is CCC(NCCc1ccncc1)c1cccc(Br)c1. The summed E-state index contributed by atoms with van der Waals surface area (Å²) in [6, 6.07) is 13.1. The van der Waals surface area contributed by atoms with Crippen molar-refractivity contribution in [2.45, 2.75) is 25.8 Å². The standard InChI is InChI=1S/C16H19BrN2/c1-2-16(14-4-3-5-15(17)12-14)19-11-8-13-6-9-18-10-7-13/h3-7,9-10,12,16,19H,2,8,11H2,1H3. The van der Waals surface area contributed by atoms with Crippen molar-refractivity contribution in [1.29, 1.82) is 0 Å². The molecule has 0 aliphatic carbocycles. The van der Waals surface area contributed by atoms with Gasteiger partial charge in [-0.1, -0.05) is 35.0 Å². The molecule has 1 heterocycles. The molecule has 1 unspecified atom stereocenters. The zero-order valence-electron chi connectivity index (χ0n) is 11.1. The van der Waals surface area contributed by atoms with Crippen LogP contribution in [-0.2, 0) is 6.42 Å². The van der Waals surface area contributed by atoms with E-state index < -0.39 is 0 Å². The van der Waals surface area contributed by atoms with Crippen molar-refractivity contribution in [3.8, 4) is 0 Å². The van der Waals surface area contributed by atoms with Crippen molar-refractivity contribution in [2.24, 2.45) is 0 Å². The predicted octanol–water partition coefficient (Wildman–Crippen LogP) is 4.13. The summed E-state index contributed by atoms with van der Waals surface area (Å²) in [6.45, 7) is 3.19. The van der Waals surface area contributed by atoms with Gasteiger partial charge in [-0.25, -0.2) is 0 Å². The lowest BCUT2D eigenvalue weighted by Crippen LogP contribution is -2.23. The fourth-order valence-electron chi connectivity index (χ4n) is 2.16. The van der Waals surface area contributed by atoms with Gasteiger partial charge in [-0.05, 0) is 54.8 Å². The Morgan fingerprint density at radius 1 is 1.21 bits per heavy atom. The zero-order valence-corrected chi connectivity index (χ0v) is 12.7. The topological polar surface area (TPSA) is 24.9 Å². The van der Waals surface area contributed by atoms with Crippen LogP contribution in [0, 0.1) is 0 Å². The summed E-state index contributed by atoms with van der Waals surface area (Å²) in [5.41, 5.74) is 2.66. The fourth-order valence-corrected chi connectivity index (χ4v) is 2.58. The molecule has 0 amide bonds. The molecule has 100 valence electrons. The third-order valence-corrected chi connectivity index (χ3v) is 3.71. The van der Waals surface area contributed by atoms with E-state index in [4.69, 9.17) is 0 Å². The van der Waals surface area contributed by atoms with Gasteiger partial charge in [0, 0.05) is 22.9 Å². The molecule has 0 bridgehead atoms. The molecular weight excluding hydrogens is 300 g/mol. The molecule has 2 rings (SSSR count). The van der Waals surface area contributed by atoms with Crippen molar-refractivity contribution in [2.75, 3.05) is 6.54 Å². The number of nitrogens with zero attached hydrogens (tertiary/aromatic N) is 1. The maximum atomic E-state index is 4.04. The molecule has 1 aromatic heterocycles. The fraction of sp³-hybridized carbons (Fsp3) is 0.312. The van der Waals surface area contributed by atoms with E-state index in [0.29, 0.717) is 6.04 Å². The Kier molecular flexibility index (Phi) is 5.55. The van der Waals surface area contributed by atoms with Gasteiger partial charge < -0.3 is 5.32 Å². The maximum absolute atomic E-state index is 4.04. The monoisotopic (exact) mass is 318 g/mol. The highest BCUT2D eigenvalue weighted by Gasteiger charge is 2.08. The van der Waals surface area contributed by atoms with Crippen LogP contribution < -0.4 is 5.32 Å². The molecule has 1 atom stereocenters. The number of aromatic nitrogens is 1. The van der Waals surface area contributed by atoms with Gasteiger partial charge >= 0.3 is 0 Å². The highest BCUT2D eigenvalue weighted by molar-refractivity contribution is 9.10. The number of halogens is 1. The average molecular weight is 319 g/mol. The van der Waals surface area contributed by atoms with Crippen molar-refractivity contribution in [3.05, 3.63) is 64.4 Å². The Bertz CT molecular complexity index is 499. The van der Waals surface area contributed by atoms with Crippen molar-refractivity contribution < 1.29 is 0 Å². The predicted molar refractivity (Wildman–Crippen MR) is 83.1 cm³/mol. The minimum atomic E-state index is 0.416. The van der Waals surface area contributed by atoms with Gasteiger partial charge in [0.25, 0.3) is 0 Å². The largest absolute Gasteiger partial charge is 0.310 e. The Morgan fingerprint density at radius 3 is 2.68 bits per heavy atom.